The van der Waals surface area contributed by atoms with Crippen LogP contribution >= 0.6 is 38.5 Å². The molecule has 0 spiro atoms. The van der Waals surface area contributed by atoms with E-state index in [2.05, 4.69) is 65.4 Å². The second kappa shape index (κ2) is 7.26. The first-order valence-electron chi connectivity index (χ1n) is 8.94. The second-order valence-corrected chi connectivity index (χ2v) is 9.14. The molecule has 5 heteroatoms. The molecule has 2 nitrogen and oxygen atoms in total. The van der Waals surface area contributed by atoms with E-state index in [4.69, 9.17) is 0 Å². The molecule has 0 bridgehead atoms. The number of anilines is 1. The van der Waals surface area contributed by atoms with Gasteiger partial charge in [0.25, 0.3) is 5.91 Å². The molecule has 0 saturated heterocycles. The molecule has 1 aliphatic heterocycles. The van der Waals surface area contributed by atoms with Crippen molar-refractivity contribution in [1.82, 2.24) is 0 Å². The van der Waals surface area contributed by atoms with Gasteiger partial charge in [0.2, 0.25) is 0 Å². The molecule has 0 saturated carbocycles. The van der Waals surface area contributed by atoms with Crippen LogP contribution in [0.25, 0.3) is 0 Å². The smallest absolute Gasteiger partial charge is 0.259 e. The SMILES string of the molecule is Cc1cc(C)c(C2c3ccc(Br)cc3C(=O)N2c2ccc(F)cc2)c(C)c1I. The molecular weight excluding hydrogens is 532 g/mol. The quantitative estimate of drug-likeness (QED) is 0.319. The topological polar surface area (TPSA) is 20.3 Å². The number of rotatable bonds is 2. The number of carbonyl (C=O) groups is 1. The lowest BCUT2D eigenvalue weighted by Gasteiger charge is -2.29. The van der Waals surface area contributed by atoms with E-state index >= 15 is 0 Å². The Labute approximate surface area is 186 Å². The molecule has 0 fully saturated rings. The van der Waals surface area contributed by atoms with Crippen molar-refractivity contribution in [3.63, 3.8) is 0 Å². The average Bonchev–Trinajstić information content (AvgIpc) is 2.93. The lowest BCUT2D eigenvalue weighted by molar-refractivity contribution is 0.0993. The number of carbonyl (C=O) groups excluding carboxylic acids is 1. The van der Waals surface area contributed by atoms with Gasteiger partial charge in [0.1, 0.15) is 5.82 Å². The Kier molecular flexibility index (Phi) is 5.08. The first-order valence-corrected chi connectivity index (χ1v) is 10.8. The van der Waals surface area contributed by atoms with Gasteiger partial charge in [-0.3, -0.25) is 9.69 Å². The molecule has 4 rings (SSSR count). The summed E-state index contributed by atoms with van der Waals surface area (Å²) >= 11 is 5.86. The fourth-order valence-electron chi connectivity index (χ4n) is 4.09. The van der Waals surface area contributed by atoms with Crippen LogP contribution < -0.4 is 4.90 Å². The van der Waals surface area contributed by atoms with Crippen molar-refractivity contribution < 1.29 is 9.18 Å². The van der Waals surface area contributed by atoms with Crippen LogP contribution in [0, 0.1) is 30.2 Å². The van der Waals surface area contributed by atoms with Gasteiger partial charge in [0.05, 0.1) is 6.04 Å². The average molecular weight is 550 g/mol. The van der Waals surface area contributed by atoms with Crippen molar-refractivity contribution in [2.45, 2.75) is 26.8 Å². The number of nitrogens with zero attached hydrogens (tertiary/aromatic N) is 1. The number of fused-ring (bicyclic) bond motifs is 1. The summed E-state index contributed by atoms with van der Waals surface area (Å²) in [4.78, 5) is 15.2. The zero-order valence-corrected chi connectivity index (χ0v) is 19.4. The Morgan fingerprint density at radius 1 is 1.00 bits per heavy atom. The Bertz CT molecular complexity index is 1110. The number of amides is 1. The van der Waals surface area contributed by atoms with Crippen molar-refractivity contribution in [3.05, 3.63) is 95.8 Å². The van der Waals surface area contributed by atoms with Gasteiger partial charge in [-0.25, -0.2) is 4.39 Å². The van der Waals surface area contributed by atoms with E-state index in [0.29, 0.717) is 11.3 Å². The molecule has 1 heterocycles. The van der Waals surface area contributed by atoms with Gasteiger partial charge in [0, 0.05) is 19.3 Å². The summed E-state index contributed by atoms with van der Waals surface area (Å²) in [5.74, 6) is -0.383. The first kappa shape index (κ1) is 19.6. The predicted molar refractivity (Wildman–Crippen MR) is 123 cm³/mol. The van der Waals surface area contributed by atoms with E-state index in [1.165, 1.54) is 26.8 Å². The summed E-state index contributed by atoms with van der Waals surface area (Å²) < 4.78 is 15.6. The number of hydrogen-bond donors (Lipinski definition) is 0. The highest BCUT2D eigenvalue weighted by Gasteiger charge is 2.40. The maximum atomic E-state index is 13.5. The zero-order valence-electron chi connectivity index (χ0n) is 15.7. The van der Waals surface area contributed by atoms with Gasteiger partial charge in [0.15, 0.2) is 0 Å². The molecule has 142 valence electrons. The minimum atomic E-state index is -0.315. The van der Waals surface area contributed by atoms with Crippen LogP contribution in [0.4, 0.5) is 10.1 Å². The van der Waals surface area contributed by atoms with Crippen molar-refractivity contribution in [2.75, 3.05) is 4.90 Å². The monoisotopic (exact) mass is 549 g/mol. The normalized spacial score (nSPS) is 15.9. The second-order valence-electron chi connectivity index (χ2n) is 7.15. The van der Waals surface area contributed by atoms with Crippen LogP contribution in [0.3, 0.4) is 0 Å². The summed E-state index contributed by atoms with van der Waals surface area (Å²) in [5, 5.41) is 0. The molecule has 1 aliphatic rings. The van der Waals surface area contributed by atoms with E-state index in [-0.39, 0.29) is 17.8 Å². The van der Waals surface area contributed by atoms with E-state index in [1.807, 2.05) is 18.2 Å². The number of halogens is 3. The standard InChI is InChI=1S/C23H18BrFINO/c1-12-10-13(2)21(26)14(3)20(12)22-18-9-4-15(24)11-19(18)23(28)27(22)17-7-5-16(25)6-8-17/h4-11,22H,1-3H3. The highest BCUT2D eigenvalue weighted by Crippen LogP contribution is 2.45. The lowest BCUT2D eigenvalue weighted by Crippen LogP contribution is -2.29. The van der Waals surface area contributed by atoms with Gasteiger partial charge in [-0.1, -0.05) is 28.1 Å². The fraction of sp³-hybridized carbons (Fsp3) is 0.174. The van der Waals surface area contributed by atoms with Crippen LogP contribution in [-0.2, 0) is 0 Å². The van der Waals surface area contributed by atoms with Crippen LogP contribution in [-0.4, -0.2) is 5.91 Å². The Balaban J connectivity index is 2.00. The molecule has 1 unspecified atom stereocenters. The number of hydrogen-bond acceptors (Lipinski definition) is 1. The summed E-state index contributed by atoms with van der Waals surface area (Å²) in [5.41, 5.74) is 7.04. The highest BCUT2D eigenvalue weighted by molar-refractivity contribution is 14.1. The molecule has 1 atom stereocenters. The first-order chi connectivity index (χ1) is 13.3. The van der Waals surface area contributed by atoms with Crippen molar-refractivity contribution in [3.8, 4) is 0 Å². The Morgan fingerprint density at radius 3 is 2.36 bits per heavy atom. The summed E-state index contributed by atoms with van der Waals surface area (Å²) in [6.45, 7) is 6.31. The third-order valence-electron chi connectivity index (χ3n) is 5.33. The minimum absolute atomic E-state index is 0.0673. The van der Waals surface area contributed by atoms with Crippen molar-refractivity contribution in [1.29, 1.82) is 0 Å². The molecule has 3 aromatic rings. The summed E-state index contributed by atoms with van der Waals surface area (Å²) in [6.07, 6.45) is 0. The van der Waals surface area contributed by atoms with Crippen LogP contribution in [0.1, 0.15) is 44.2 Å². The van der Waals surface area contributed by atoms with Gasteiger partial charge in [-0.2, -0.15) is 0 Å². The molecule has 3 aromatic carbocycles. The highest BCUT2D eigenvalue weighted by atomic mass is 127. The van der Waals surface area contributed by atoms with Gasteiger partial charge < -0.3 is 0 Å². The predicted octanol–water partition coefficient (Wildman–Crippen LogP) is 6.87. The molecular formula is C23H18BrFINO. The summed E-state index contributed by atoms with van der Waals surface area (Å²) in [7, 11) is 0. The minimum Gasteiger partial charge on any atom is -0.297 e. The van der Waals surface area contributed by atoms with E-state index in [9.17, 15) is 9.18 Å². The van der Waals surface area contributed by atoms with Crippen molar-refractivity contribution >= 4 is 50.1 Å². The van der Waals surface area contributed by atoms with Crippen LogP contribution in [0.5, 0.6) is 0 Å². The van der Waals surface area contributed by atoms with Crippen LogP contribution in [0.15, 0.2) is 53.0 Å². The Morgan fingerprint density at radius 2 is 1.68 bits per heavy atom. The van der Waals surface area contributed by atoms with Crippen LogP contribution in [0.2, 0.25) is 0 Å². The van der Waals surface area contributed by atoms with E-state index < -0.39 is 0 Å². The van der Waals surface area contributed by atoms with Gasteiger partial charge in [-0.05, 0) is 108 Å². The van der Waals surface area contributed by atoms with Crippen molar-refractivity contribution in [2.24, 2.45) is 0 Å². The molecule has 0 aliphatic carbocycles. The molecule has 1 amide bonds. The molecule has 28 heavy (non-hydrogen) atoms. The fourth-order valence-corrected chi connectivity index (χ4v) is 4.89. The zero-order chi connectivity index (χ0) is 20.2. The van der Waals surface area contributed by atoms with Gasteiger partial charge >= 0.3 is 0 Å². The maximum absolute atomic E-state index is 13.5. The summed E-state index contributed by atoms with van der Waals surface area (Å²) in [6, 6.07) is 13.9. The molecule has 0 aromatic heterocycles. The van der Waals surface area contributed by atoms with E-state index in [0.717, 1.165) is 21.2 Å². The maximum Gasteiger partial charge on any atom is 0.259 e. The number of benzene rings is 3. The third kappa shape index (κ3) is 3.08. The largest absolute Gasteiger partial charge is 0.297 e. The third-order valence-corrected chi connectivity index (χ3v) is 7.49. The van der Waals surface area contributed by atoms with Gasteiger partial charge in [-0.15, -0.1) is 0 Å². The molecule has 0 N–H and O–H groups in total. The number of aryl methyl sites for hydroxylation is 2. The Hall–Kier alpha value is -1.73. The molecule has 0 radical (unpaired) electrons. The lowest BCUT2D eigenvalue weighted by atomic mass is 9.89. The van der Waals surface area contributed by atoms with E-state index in [1.54, 1.807) is 17.0 Å².